The summed E-state index contributed by atoms with van der Waals surface area (Å²) in [5, 5.41) is 21.1. The third-order valence-electron chi connectivity index (χ3n) is 2.51. The van der Waals surface area contributed by atoms with E-state index in [1.54, 1.807) is 4.68 Å². The van der Waals surface area contributed by atoms with E-state index in [1.165, 1.54) is 11.8 Å². The van der Waals surface area contributed by atoms with Gasteiger partial charge in [-0.05, 0) is 29.0 Å². The molecule has 0 fully saturated rings. The van der Waals surface area contributed by atoms with Crippen LogP contribution in [0.3, 0.4) is 0 Å². The SMILES string of the molecule is CC(CCC(=O)O)Sc1nnnn1-c1ccccc1. The van der Waals surface area contributed by atoms with Crippen molar-refractivity contribution in [3.63, 3.8) is 0 Å². The minimum atomic E-state index is -0.782. The standard InChI is InChI=1S/C12H14N4O2S/c1-9(7-8-11(17)18)19-12-13-14-15-16(12)10-5-3-2-4-6-10/h2-6,9H,7-8H2,1H3,(H,17,18). The minimum absolute atomic E-state index is 0.143. The zero-order chi connectivity index (χ0) is 13.7. The van der Waals surface area contributed by atoms with E-state index in [9.17, 15) is 4.79 Å². The van der Waals surface area contributed by atoms with Crippen LogP contribution in [0, 0.1) is 0 Å². The number of aromatic nitrogens is 4. The van der Waals surface area contributed by atoms with E-state index in [0.717, 1.165) is 5.69 Å². The molecule has 0 spiro atoms. The van der Waals surface area contributed by atoms with Gasteiger partial charge in [0.05, 0.1) is 5.69 Å². The summed E-state index contributed by atoms with van der Waals surface area (Å²) in [5.41, 5.74) is 0.889. The van der Waals surface area contributed by atoms with Gasteiger partial charge in [0.2, 0.25) is 5.16 Å². The Balaban J connectivity index is 2.06. The molecule has 2 aromatic rings. The Labute approximate surface area is 114 Å². The second-order valence-electron chi connectivity index (χ2n) is 4.07. The van der Waals surface area contributed by atoms with Crippen LogP contribution in [0.2, 0.25) is 0 Å². The molecular weight excluding hydrogens is 264 g/mol. The lowest BCUT2D eigenvalue weighted by atomic mass is 10.2. The van der Waals surface area contributed by atoms with Crippen molar-refractivity contribution >= 4 is 17.7 Å². The highest BCUT2D eigenvalue weighted by Gasteiger charge is 2.14. The van der Waals surface area contributed by atoms with Crippen LogP contribution in [0.4, 0.5) is 0 Å². The molecule has 0 bridgehead atoms. The number of hydrogen-bond donors (Lipinski definition) is 1. The van der Waals surface area contributed by atoms with Crippen molar-refractivity contribution in [2.24, 2.45) is 0 Å². The van der Waals surface area contributed by atoms with Gasteiger partial charge in [-0.15, -0.1) is 5.10 Å². The maximum absolute atomic E-state index is 10.5. The van der Waals surface area contributed by atoms with Crippen molar-refractivity contribution in [2.45, 2.75) is 30.2 Å². The van der Waals surface area contributed by atoms with Crippen LogP contribution in [0.15, 0.2) is 35.5 Å². The molecule has 1 unspecified atom stereocenters. The van der Waals surface area contributed by atoms with Crippen molar-refractivity contribution in [3.05, 3.63) is 30.3 Å². The molecule has 1 aromatic carbocycles. The van der Waals surface area contributed by atoms with Gasteiger partial charge in [-0.3, -0.25) is 4.79 Å². The normalized spacial score (nSPS) is 12.3. The topological polar surface area (TPSA) is 80.9 Å². The number of hydrogen-bond acceptors (Lipinski definition) is 5. The molecule has 2 rings (SSSR count). The fraction of sp³-hybridized carbons (Fsp3) is 0.333. The Morgan fingerprint density at radius 1 is 1.42 bits per heavy atom. The number of benzene rings is 1. The number of nitrogens with zero attached hydrogens (tertiary/aromatic N) is 4. The van der Waals surface area contributed by atoms with Crippen LogP contribution in [0.25, 0.3) is 5.69 Å². The maximum atomic E-state index is 10.5. The smallest absolute Gasteiger partial charge is 0.303 e. The average Bonchev–Trinajstić information content (AvgIpc) is 2.85. The Hall–Kier alpha value is -1.89. The van der Waals surface area contributed by atoms with Gasteiger partial charge in [-0.1, -0.05) is 36.9 Å². The van der Waals surface area contributed by atoms with E-state index in [-0.39, 0.29) is 11.7 Å². The van der Waals surface area contributed by atoms with Crippen molar-refractivity contribution in [1.29, 1.82) is 0 Å². The van der Waals surface area contributed by atoms with Crippen molar-refractivity contribution < 1.29 is 9.90 Å². The molecule has 1 heterocycles. The second-order valence-corrected chi connectivity index (χ2v) is 5.48. The van der Waals surface area contributed by atoms with Crippen LogP contribution >= 0.6 is 11.8 Å². The third-order valence-corrected chi connectivity index (χ3v) is 3.62. The van der Waals surface area contributed by atoms with E-state index < -0.39 is 5.97 Å². The zero-order valence-electron chi connectivity index (χ0n) is 10.4. The van der Waals surface area contributed by atoms with Gasteiger partial charge in [0, 0.05) is 11.7 Å². The second kappa shape index (κ2) is 6.33. The molecule has 19 heavy (non-hydrogen) atoms. The van der Waals surface area contributed by atoms with Gasteiger partial charge in [0.25, 0.3) is 0 Å². The maximum Gasteiger partial charge on any atom is 0.303 e. The Kier molecular flexibility index (Phi) is 4.51. The van der Waals surface area contributed by atoms with Crippen LogP contribution < -0.4 is 0 Å². The first-order valence-electron chi connectivity index (χ1n) is 5.89. The average molecular weight is 278 g/mol. The summed E-state index contributed by atoms with van der Waals surface area (Å²) in [6, 6.07) is 9.60. The lowest BCUT2D eigenvalue weighted by Crippen LogP contribution is -2.05. The first kappa shape index (κ1) is 13.5. The summed E-state index contributed by atoms with van der Waals surface area (Å²) >= 11 is 1.48. The molecule has 0 aliphatic rings. The van der Waals surface area contributed by atoms with Crippen LogP contribution in [-0.2, 0) is 4.79 Å². The molecule has 1 aromatic heterocycles. The van der Waals surface area contributed by atoms with Gasteiger partial charge >= 0.3 is 5.97 Å². The highest BCUT2D eigenvalue weighted by atomic mass is 32.2. The molecule has 0 saturated carbocycles. The summed E-state index contributed by atoms with van der Waals surface area (Å²) in [6.07, 6.45) is 0.739. The van der Waals surface area contributed by atoms with Gasteiger partial charge < -0.3 is 5.11 Å². The highest BCUT2D eigenvalue weighted by molar-refractivity contribution is 7.99. The molecule has 0 aliphatic carbocycles. The summed E-state index contributed by atoms with van der Waals surface area (Å²) in [7, 11) is 0. The molecule has 100 valence electrons. The molecule has 0 aliphatic heterocycles. The number of rotatable bonds is 6. The van der Waals surface area contributed by atoms with E-state index in [2.05, 4.69) is 15.5 Å². The van der Waals surface area contributed by atoms with E-state index >= 15 is 0 Å². The van der Waals surface area contributed by atoms with Crippen molar-refractivity contribution in [1.82, 2.24) is 20.2 Å². The number of carboxylic acid groups (broad SMARTS) is 1. The van der Waals surface area contributed by atoms with Gasteiger partial charge in [-0.25, -0.2) is 0 Å². The number of carbonyl (C=O) groups is 1. The highest BCUT2D eigenvalue weighted by Crippen LogP contribution is 2.25. The van der Waals surface area contributed by atoms with Gasteiger partial charge in [-0.2, -0.15) is 4.68 Å². The summed E-state index contributed by atoms with van der Waals surface area (Å²) < 4.78 is 1.65. The number of carboxylic acids is 1. The monoisotopic (exact) mass is 278 g/mol. The summed E-state index contributed by atoms with van der Waals surface area (Å²) in [5.74, 6) is -0.782. The minimum Gasteiger partial charge on any atom is -0.481 e. The molecule has 1 N–H and O–H groups in total. The van der Waals surface area contributed by atoms with Gasteiger partial charge in [0.1, 0.15) is 0 Å². The number of tetrazole rings is 1. The number of thioether (sulfide) groups is 1. The van der Waals surface area contributed by atoms with E-state index in [0.29, 0.717) is 11.6 Å². The van der Waals surface area contributed by atoms with Crippen LogP contribution in [0.5, 0.6) is 0 Å². The molecule has 0 saturated heterocycles. The van der Waals surface area contributed by atoms with Gasteiger partial charge in [0.15, 0.2) is 0 Å². The van der Waals surface area contributed by atoms with Crippen LogP contribution in [-0.4, -0.2) is 36.5 Å². The fourth-order valence-corrected chi connectivity index (χ4v) is 2.47. The quantitative estimate of drug-likeness (QED) is 0.814. The summed E-state index contributed by atoms with van der Waals surface area (Å²) in [6.45, 7) is 1.97. The third kappa shape index (κ3) is 3.78. The Bertz CT molecular complexity index is 544. The lowest BCUT2D eigenvalue weighted by molar-refractivity contribution is -0.137. The van der Waals surface area contributed by atoms with Crippen molar-refractivity contribution in [2.75, 3.05) is 0 Å². The largest absolute Gasteiger partial charge is 0.481 e. The number of para-hydroxylation sites is 1. The number of aliphatic carboxylic acids is 1. The van der Waals surface area contributed by atoms with Crippen LogP contribution in [0.1, 0.15) is 19.8 Å². The Morgan fingerprint density at radius 3 is 2.84 bits per heavy atom. The molecular formula is C12H14N4O2S. The predicted octanol–water partition coefficient (Wildman–Crippen LogP) is 2.01. The van der Waals surface area contributed by atoms with E-state index in [4.69, 9.17) is 5.11 Å². The first-order chi connectivity index (χ1) is 9.16. The lowest BCUT2D eigenvalue weighted by Gasteiger charge is -2.09. The predicted molar refractivity (Wildman–Crippen MR) is 71.3 cm³/mol. The molecule has 0 radical (unpaired) electrons. The molecule has 7 heteroatoms. The molecule has 6 nitrogen and oxygen atoms in total. The van der Waals surface area contributed by atoms with E-state index in [1.807, 2.05) is 37.3 Å². The molecule has 0 amide bonds. The molecule has 1 atom stereocenters. The Morgan fingerprint density at radius 2 is 2.16 bits per heavy atom. The first-order valence-corrected chi connectivity index (χ1v) is 6.77. The van der Waals surface area contributed by atoms with Crippen molar-refractivity contribution in [3.8, 4) is 5.69 Å². The fourth-order valence-electron chi connectivity index (χ4n) is 1.55. The zero-order valence-corrected chi connectivity index (χ0v) is 11.2. The summed E-state index contributed by atoms with van der Waals surface area (Å²) in [4.78, 5) is 10.5.